The number of ketones is 1. The maximum Gasteiger partial charge on any atom is 0.355 e. The van der Waals surface area contributed by atoms with Crippen molar-refractivity contribution in [3.05, 3.63) is 92.5 Å². The van der Waals surface area contributed by atoms with E-state index in [0.29, 0.717) is 22.4 Å². The first-order valence-electron chi connectivity index (χ1n) is 11.0. The Morgan fingerprint density at radius 2 is 2.00 bits per heavy atom. The summed E-state index contributed by atoms with van der Waals surface area (Å²) < 4.78 is 5.86. The molecule has 180 valence electrons. The Hall–Kier alpha value is -3.72. The van der Waals surface area contributed by atoms with Gasteiger partial charge in [-0.25, -0.2) is 4.79 Å². The lowest BCUT2D eigenvalue weighted by Gasteiger charge is -2.25. The second-order valence-corrected chi connectivity index (χ2v) is 9.10. The van der Waals surface area contributed by atoms with Gasteiger partial charge in [0.05, 0.1) is 18.2 Å². The van der Waals surface area contributed by atoms with Crippen LogP contribution < -0.4 is 0 Å². The molecule has 1 atom stereocenters. The van der Waals surface area contributed by atoms with E-state index in [1.165, 1.54) is 4.90 Å². The highest BCUT2D eigenvalue weighted by Gasteiger charge is 2.46. The number of hydrogen-bond donors (Lipinski definition) is 2. The minimum atomic E-state index is -0.840. The standard InChI is InChI=1S/C26H24BrN3O5/c1-4-35-26(34)21-14(2)19(15(3)29-21)23(31)20-22(17-8-5-9-18(27)11-17)30(25(33)24(20)32)13-16-7-6-10-28-12-16/h5-12,22,29,31H,4,13H2,1-3H3/t22-/m1/s1. The van der Waals surface area contributed by atoms with Gasteiger partial charge in [-0.1, -0.05) is 34.1 Å². The molecule has 4 rings (SSSR count). The molecule has 0 radical (unpaired) electrons. The van der Waals surface area contributed by atoms with Crippen molar-refractivity contribution in [2.24, 2.45) is 0 Å². The van der Waals surface area contributed by atoms with Crippen molar-refractivity contribution < 1.29 is 24.2 Å². The van der Waals surface area contributed by atoms with Crippen LogP contribution >= 0.6 is 15.9 Å². The van der Waals surface area contributed by atoms with Crippen LogP contribution in [0.3, 0.4) is 0 Å². The van der Waals surface area contributed by atoms with Crippen molar-refractivity contribution in [2.45, 2.75) is 33.4 Å². The Balaban J connectivity index is 1.90. The number of aliphatic hydroxyl groups excluding tert-OH is 1. The number of aliphatic hydroxyl groups is 1. The maximum atomic E-state index is 13.3. The highest BCUT2D eigenvalue weighted by Crippen LogP contribution is 2.42. The van der Waals surface area contributed by atoms with E-state index < -0.39 is 23.7 Å². The molecule has 9 heteroatoms. The summed E-state index contributed by atoms with van der Waals surface area (Å²) in [6.07, 6.45) is 3.26. The predicted octanol–water partition coefficient (Wildman–Crippen LogP) is 4.59. The van der Waals surface area contributed by atoms with Crippen LogP contribution in [-0.4, -0.2) is 44.2 Å². The van der Waals surface area contributed by atoms with Crippen molar-refractivity contribution in [1.29, 1.82) is 0 Å². The van der Waals surface area contributed by atoms with Gasteiger partial charge in [0.1, 0.15) is 11.5 Å². The van der Waals surface area contributed by atoms with Gasteiger partial charge >= 0.3 is 5.97 Å². The average molecular weight is 538 g/mol. The molecule has 1 aliphatic heterocycles. The molecule has 1 fully saturated rings. The average Bonchev–Trinajstić information content (AvgIpc) is 3.27. The van der Waals surface area contributed by atoms with Gasteiger partial charge in [-0.2, -0.15) is 0 Å². The molecule has 0 unspecified atom stereocenters. The number of rotatable bonds is 6. The largest absolute Gasteiger partial charge is 0.507 e. The number of carbonyl (C=O) groups is 3. The first kappa shape index (κ1) is 24.4. The number of halogens is 1. The number of benzene rings is 1. The molecule has 8 nitrogen and oxygen atoms in total. The molecule has 35 heavy (non-hydrogen) atoms. The zero-order valence-electron chi connectivity index (χ0n) is 19.5. The molecule has 3 heterocycles. The zero-order valence-corrected chi connectivity index (χ0v) is 21.0. The summed E-state index contributed by atoms with van der Waals surface area (Å²) in [5.74, 6) is -2.43. The van der Waals surface area contributed by atoms with Gasteiger partial charge in [0.2, 0.25) is 0 Å². The number of nitrogens with one attached hydrogen (secondary N) is 1. The first-order chi connectivity index (χ1) is 16.7. The van der Waals surface area contributed by atoms with E-state index in [1.807, 2.05) is 12.1 Å². The van der Waals surface area contributed by atoms with E-state index in [1.54, 1.807) is 57.4 Å². The molecule has 1 amide bonds. The number of aromatic amines is 1. The lowest BCUT2D eigenvalue weighted by atomic mass is 9.94. The zero-order chi connectivity index (χ0) is 25.3. The first-order valence-corrected chi connectivity index (χ1v) is 11.8. The van der Waals surface area contributed by atoms with Crippen LogP contribution in [0, 0.1) is 13.8 Å². The molecule has 0 saturated carbocycles. The Morgan fingerprint density at radius 1 is 1.23 bits per heavy atom. The van der Waals surface area contributed by atoms with Crippen LogP contribution in [0.4, 0.5) is 0 Å². The fourth-order valence-electron chi connectivity index (χ4n) is 4.40. The fourth-order valence-corrected chi connectivity index (χ4v) is 4.82. The van der Waals surface area contributed by atoms with Crippen LogP contribution in [0.5, 0.6) is 0 Å². The van der Waals surface area contributed by atoms with Crippen LogP contribution in [0.2, 0.25) is 0 Å². The summed E-state index contributed by atoms with van der Waals surface area (Å²) in [6.45, 7) is 5.37. The van der Waals surface area contributed by atoms with Crippen LogP contribution in [-0.2, 0) is 20.9 Å². The normalized spacial score (nSPS) is 17.1. The molecule has 2 aromatic heterocycles. The number of Topliss-reactive ketones (excluding diaryl/α,β-unsaturated/α-hetero) is 1. The third-order valence-electron chi connectivity index (χ3n) is 5.93. The number of esters is 1. The quantitative estimate of drug-likeness (QED) is 0.206. The van der Waals surface area contributed by atoms with Gasteiger partial charge in [0, 0.05) is 34.7 Å². The Labute approximate surface area is 210 Å². The molecule has 0 spiro atoms. The molecule has 1 aliphatic rings. The number of H-pyrrole nitrogens is 1. The van der Waals surface area contributed by atoms with E-state index in [4.69, 9.17) is 4.74 Å². The Morgan fingerprint density at radius 3 is 2.66 bits per heavy atom. The number of likely N-dealkylation sites (tertiary alicyclic amines) is 1. The topological polar surface area (TPSA) is 113 Å². The second kappa shape index (κ2) is 9.87. The Bertz CT molecular complexity index is 1350. The molecule has 0 bridgehead atoms. The van der Waals surface area contributed by atoms with E-state index >= 15 is 0 Å². The van der Waals surface area contributed by atoms with Crippen molar-refractivity contribution in [3.8, 4) is 0 Å². The number of nitrogens with zero attached hydrogens (tertiary/aromatic N) is 2. The number of amides is 1. The number of carbonyl (C=O) groups excluding carboxylic acids is 3. The minimum absolute atomic E-state index is 0.0439. The van der Waals surface area contributed by atoms with Crippen LogP contribution in [0.15, 0.2) is 58.8 Å². The van der Waals surface area contributed by atoms with Gasteiger partial charge in [0.15, 0.2) is 0 Å². The fraction of sp³-hybridized carbons (Fsp3) is 0.231. The molecular formula is C26H24BrN3O5. The van der Waals surface area contributed by atoms with E-state index in [2.05, 4.69) is 25.9 Å². The molecule has 3 aromatic rings. The van der Waals surface area contributed by atoms with Crippen molar-refractivity contribution in [3.63, 3.8) is 0 Å². The predicted molar refractivity (Wildman–Crippen MR) is 132 cm³/mol. The summed E-state index contributed by atoms with van der Waals surface area (Å²) in [6, 6.07) is 9.97. The van der Waals surface area contributed by atoms with Crippen molar-refractivity contribution in [2.75, 3.05) is 6.61 Å². The van der Waals surface area contributed by atoms with E-state index in [-0.39, 0.29) is 30.2 Å². The lowest BCUT2D eigenvalue weighted by molar-refractivity contribution is -0.140. The third kappa shape index (κ3) is 4.51. The summed E-state index contributed by atoms with van der Waals surface area (Å²) in [7, 11) is 0. The minimum Gasteiger partial charge on any atom is -0.507 e. The van der Waals surface area contributed by atoms with Gasteiger partial charge in [-0.3, -0.25) is 14.6 Å². The van der Waals surface area contributed by atoms with E-state index in [0.717, 1.165) is 10.0 Å². The van der Waals surface area contributed by atoms with Crippen LogP contribution in [0.1, 0.15) is 51.4 Å². The smallest absolute Gasteiger partial charge is 0.355 e. The molecule has 1 aromatic carbocycles. The number of aromatic nitrogens is 2. The molecular weight excluding hydrogens is 514 g/mol. The van der Waals surface area contributed by atoms with E-state index in [9.17, 15) is 19.5 Å². The van der Waals surface area contributed by atoms with Gasteiger partial charge in [-0.15, -0.1) is 0 Å². The van der Waals surface area contributed by atoms with Gasteiger partial charge in [0.25, 0.3) is 11.7 Å². The van der Waals surface area contributed by atoms with Crippen LogP contribution in [0.25, 0.3) is 5.76 Å². The SMILES string of the molecule is CCOC(=O)c1[nH]c(C)c(C(O)=C2C(=O)C(=O)N(Cc3cccnc3)[C@@H]2c2cccc(Br)c2)c1C. The lowest BCUT2D eigenvalue weighted by Crippen LogP contribution is -2.29. The Kier molecular flexibility index (Phi) is 6.88. The van der Waals surface area contributed by atoms with Crippen molar-refractivity contribution >= 4 is 39.3 Å². The number of pyridine rings is 1. The van der Waals surface area contributed by atoms with Crippen molar-refractivity contribution in [1.82, 2.24) is 14.9 Å². The molecule has 2 N–H and O–H groups in total. The summed E-state index contributed by atoms with van der Waals surface area (Å²) >= 11 is 3.45. The number of aryl methyl sites for hydroxylation is 1. The summed E-state index contributed by atoms with van der Waals surface area (Å²) in [5.41, 5.74) is 2.76. The van der Waals surface area contributed by atoms with Gasteiger partial charge in [-0.05, 0) is 55.7 Å². The highest BCUT2D eigenvalue weighted by atomic mass is 79.9. The number of ether oxygens (including phenoxy) is 1. The summed E-state index contributed by atoms with van der Waals surface area (Å²) in [4.78, 5) is 47.4. The second-order valence-electron chi connectivity index (χ2n) is 8.19. The maximum absolute atomic E-state index is 13.3. The monoisotopic (exact) mass is 537 g/mol. The summed E-state index contributed by atoms with van der Waals surface area (Å²) in [5, 5.41) is 11.5. The van der Waals surface area contributed by atoms with Gasteiger partial charge < -0.3 is 19.7 Å². The number of hydrogen-bond acceptors (Lipinski definition) is 6. The molecule has 0 aliphatic carbocycles. The third-order valence-corrected chi connectivity index (χ3v) is 6.43. The highest BCUT2D eigenvalue weighted by molar-refractivity contribution is 9.10. The molecule has 1 saturated heterocycles.